The largest absolute Gasteiger partial charge is 0.497 e. The number of hydrogen-bond donors (Lipinski definition) is 2. The van der Waals surface area contributed by atoms with Gasteiger partial charge in [0, 0.05) is 11.8 Å². The van der Waals surface area contributed by atoms with E-state index >= 15 is 0 Å². The number of amides is 1. The Morgan fingerprint density at radius 3 is 2.61 bits per heavy atom. The number of rotatable bonds is 7. The number of carboxylic acid groups (broad SMARTS) is 1. The van der Waals surface area contributed by atoms with Crippen molar-refractivity contribution in [3.8, 4) is 5.75 Å². The van der Waals surface area contributed by atoms with Crippen molar-refractivity contribution in [3.05, 3.63) is 45.9 Å². The van der Waals surface area contributed by atoms with E-state index in [4.69, 9.17) is 9.84 Å². The molecule has 2 aromatic rings. The van der Waals surface area contributed by atoms with Crippen LogP contribution >= 0.6 is 11.3 Å². The van der Waals surface area contributed by atoms with Gasteiger partial charge in [0.1, 0.15) is 10.8 Å². The molecule has 0 saturated carbocycles. The van der Waals surface area contributed by atoms with Crippen LogP contribution in [-0.4, -0.2) is 29.1 Å². The second-order valence-electron chi connectivity index (χ2n) is 5.09. The topological polar surface area (TPSA) is 88.5 Å². The molecule has 7 heteroatoms. The van der Waals surface area contributed by atoms with Gasteiger partial charge in [-0.3, -0.25) is 4.79 Å². The van der Waals surface area contributed by atoms with E-state index in [-0.39, 0.29) is 24.1 Å². The predicted molar refractivity (Wildman–Crippen MR) is 86.9 cm³/mol. The van der Waals surface area contributed by atoms with Crippen molar-refractivity contribution in [2.24, 2.45) is 0 Å². The minimum Gasteiger partial charge on any atom is -0.497 e. The minimum absolute atomic E-state index is 0.00542. The second kappa shape index (κ2) is 7.73. The molecule has 1 unspecified atom stereocenters. The van der Waals surface area contributed by atoms with Crippen LogP contribution in [0.15, 0.2) is 29.6 Å². The molecule has 2 N–H and O–H groups in total. The van der Waals surface area contributed by atoms with Crippen molar-refractivity contribution < 1.29 is 19.4 Å². The second-order valence-corrected chi connectivity index (χ2v) is 6.03. The van der Waals surface area contributed by atoms with Crippen LogP contribution in [0.4, 0.5) is 0 Å². The highest BCUT2D eigenvalue weighted by molar-refractivity contribution is 7.09. The Morgan fingerprint density at radius 2 is 2.04 bits per heavy atom. The summed E-state index contributed by atoms with van der Waals surface area (Å²) in [5, 5.41) is 13.6. The van der Waals surface area contributed by atoms with Gasteiger partial charge in [-0.05, 0) is 23.6 Å². The van der Waals surface area contributed by atoms with Gasteiger partial charge in [0.05, 0.1) is 13.7 Å². The van der Waals surface area contributed by atoms with Gasteiger partial charge in [0.25, 0.3) is 0 Å². The molecule has 1 aromatic heterocycles. The summed E-state index contributed by atoms with van der Waals surface area (Å²) >= 11 is 1.22. The average Bonchev–Trinajstić information content (AvgIpc) is 3.02. The standard InChI is InChI=1S/C16H18N2O4S/c1-10(11-3-5-12(22-2)6-4-11)7-14(19)17-8-15-18-13(9-23-15)16(20)21/h3-6,9-10H,7-8H2,1-2H3,(H,17,19)(H,20,21). The average molecular weight is 334 g/mol. The number of nitrogens with zero attached hydrogens (tertiary/aromatic N) is 1. The number of hydrogen-bond acceptors (Lipinski definition) is 5. The number of carbonyl (C=O) groups excluding carboxylic acids is 1. The molecule has 0 saturated heterocycles. The maximum Gasteiger partial charge on any atom is 0.355 e. The van der Waals surface area contributed by atoms with E-state index in [2.05, 4.69) is 10.3 Å². The van der Waals surface area contributed by atoms with Gasteiger partial charge in [-0.2, -0.15) is 0 Å². The van der Waals surface area contributed by atoms with Crippen LogP contribution in [0.1, 0.15) is 40.3 Å². The number of aromatic carboxylic acids is 1. The fraction of sp³-hybridized carbons (Fsp3) is 0.312. The smallest absolute Gasteiger partial charge is 0.355 e. The Morgan fingerprint density at radius 1 is 1.35 bits per heavy atom. The summed E-state index contributed by atoms with van der Waals surface area (Å²) in [6.07, 6.45) is 0.351. The summed E-state index contributed by atoms with van der Waals surface area (Å²) in [7, 11) is 1.61. The molecule has 2 rings (SSSR count). The van der Waals surface area contributed by atoms with Crippen molar-refractivity contribution >= 4 is 23.2 Å². The zero-order valence-electron chi connectivity index (χ0n) is 12.9. The van der Waals surface area contributed by atoms with Crippen molar-refractivity contribution in [1.29, 1.82) is 0 Å². The van der Waals surface area contributed by atoms with E-state index in [9.17, 15) is 9.59 Å². The lowest BCUT2D eigenvalue weighted by Crippen LogP contribution is -2.24. The van der Waals surface area contributed by atoms with E-state index in [1.54, 1.807) is 7.11 Å². The maximum absolute atomic E-state index is 12.0. The van der Waals surface area contributed by atoms with Crippen LogP contribution in [0.5, 0.6) is 5.75 Å². The number of methoxy groups -OCH3 is 1. The first-order valence-electron chi connectivity index (χ1n) is 7.08. The van der Waals surface area contributed by atoms with Gasteiger partial charge in [-0.15, -0.1) is 11.3 Å². The van der Waals surface area contributed by atoms with Crippen molar-refractivity contribution in [3.63, 3.8) is 0 Å². The molecule has 0 spiro atoms. The number of ether oxygens (including phenoxy) is 1. The number of carbonyl (C=O) groups is 2. The summed E-state index contributed by atoms with van der Waals surface area (Å²) in [5.41, 5.74) is 1.06. The van der Waals surface area contributed by atoms with Gasteiger partial charge >= 0.3 is 5.97 Å². The number of benzene rings is 1. The molecular formula is C16H18N2O4S. The van der Waals surface area contributed by atoms with Gasteiger partial charge in [-0.25, -0.2) is 9.78 Å². The number of nitrogens with one attached hydrogen (secondary N) is 1. The molecule has 1 amide bonds. The summed E-state index contributed by atoms with van der Waals surface area (Å²) < 4.78 is 5.11. The van der Waals surface area contributed by atoms with E-state index < -0.39 is 5.97 Å². The molecule has 23 heavy (non-hydrogen) atoms. The van der Waals surface area contributed by atoms with E-state index in [0.29, 0.717) is 11.4 Å². The normalized spacial score (nSPS) is 11.7. The third-order valence-corrected chi connectivity index (χ3v) is 4.23. The summed E-state index contributed by atoms with van der Waals surface area (Å²) in [4.78, 5) is 26.7. The molecule has 0 aliphatic carbocycles. The molecular weight excluding hydrogens is 316 g/mol. The van der Waals surface area contributed by atoms with Crippen LogP contribution in [0.3, 0.4) is 0 Å². The highest BCUT2D eigenvalue weighted by Gasteiger charge is 2.13. The lowest BCUT2D eigenvalue weighted by molar-refractivity contribution is -0.121. The fourth-order valence-electron chi connectivity index (χ4n) is 2.07. The Hall–Kier alpha value is -2.41. The van der Waals surface area contributed by atoms with Gasteiger partial charge < -0.3 is 15.2 Å². The molecule has 1 aromatic carbocycles. The van der Waals surface area contributed by atoms with Crippen molar-refractivity contribution in [1.82, 2.24) is 10.3 Å². The zero-order valence-corrected chi connectivity index (χ0v) is 13.7. The molecule has 0 radical (unpaired) electrons. The Balaban J connectivity index is 1.84. The number of aromatic nitrogens is 1. The van der Waals surface area contributed by atoms with Crippen LogP contribution in [0, 0.1) is 0 Å². The Kier molecular flexibility index (Phi) is 5.70. The Labute approximate surface area is 138 Å². The Bertz CT molecular complexity index is 682. The molecule has 0 aliphatic heterocycles. The first kappa shape index (κ1) is 17.0. The monoisotopic (exact) mass is 334 g/mol. The summed E-state index contributed by atoms with van der Waals surface area (Å²) in [5.74, 6) is -0.303. The molecule has 6 nitrogen and oxygen atoms in total. The van der Waals surface area contributed by atoms with Gasteiger partial charge in [-0.1, -0.05) is 19.1 Å². The number of carboxylic acids is 1. The third kappa shape index (κ3) is 4.79. The SMILES string of the molecule is COc1ccc(C(C)CC(=O)NCc2nc(C(=O)O)cs2)cc1. The van der Waals surface area contributed by atoms with Crippen LogP contribution in [0.25, 0.3) is 0 Å². The summed E-state index contributed by atoms with van der Waals surface area (Å²) in [6, 6.07) is 7.62. The molecule has 0 fully saturated rings. The maximum atomic E-state index is 12.0. The van der Waals surface area contributed by atoms with Crippen molar-refractivity contribution in [2.75, 3.05) is 7.11 Å². The lowest BCUT2D eigenvalue weighted by Gasteiger charge is -2.12. The lowest BCUT2D eigenvalue weighted by atomic mass is 9.97. The molecule has 122 valence electrons. The van der Waals surface area contributed by atoms with Crippen LogP contribution in [-0.2, 0) is 11.3 Å². The molecule has 0 bridgehead atoms. The van der Waals surface area contributed by atoms with E-state index in [0.717, 1.165) is 11.3 Å². The quantitative estimate of drug-likeness (QED) is 0.812. The highest BCUT2D eigenvalue weighted by atomic mass is 32.1. The fourth-order valence-corrected chi connectivity index (χ4v) is 2.77. The number of thiazole rings is 1. The summed E-state index contributed by atoms with van der Waals surface area (Å²) in [6.45, 7) is 2.22. The highest BCUT2D eigenvalue weighted by Crippen LogP contribution is 2.21. The van der Waals surface area contributed by atoms with Crippen LogP contribution < -0.4 is 10.1 Å². The van der Waals surface area contributed by atoms with Gasteiger partial charge in [0.2, 0.25) is 5.91 Å². The van der Waals surface area contributed by atoms with E-state index in [1.807, 2.05) is 31.2 Å². The molecule has 1 heterocycles. The zero-order chi connectivity index (χ0) is 16.8. The first-order valence-corrected chi connectivity index (χ1v) is 7.96. The minimum atomic E-state index is -1.06. The van der Waals surface area contributed by atoms with E-state index in [1.165, 1.54) is 16.7 Å². The molecule has 1 atom stereocenters. The van der Waals surface area contributed by atoms with Crippen LogP contribution in [0.2, 0.25) is 0 Å². The third-order valence-electron chi connectivity index (χ3n) is 3.38. The first-order chi connectivity index (χ1) is 11.0. The molecule has 0 aliphatic rings. The van der Waals surface area contributed by atoms with Gasteiger partial charge in [0.15, 0.2) is 5.69 Å². The van der Waals surface area contributed by atoms with Crippen molar-refractivity contribution in [2.45, 2.75) is 25.8 Å². The predicted octanol–water partition coefficient (Wildman–Crippen LogP) is 2.66.